The van der Waals surface area contributed by atoms with Crippen molar-refractivity contribution in [2.24, 2.45) is 5.41 Å². The van der Waals surface area contributed by atoms with Gasteiger partial charge in [0.15, 0.2) is 0 Å². The molecule has 0 atom stereocenters. The molecule has 0 aliphatic rings. The lowest BCUT2D eigenvalue weighted by Crippen LogP contribution is -2.50. The van der Waals surface area contributed by atoms with Gasteiger partial charge < -0.3 is 9.80 Å². The number of hydrogen-bond acceptors (Lipinski definition) is 2. The molecule has 27 heavy (non-hydrogen) atoms. The van der Waals surface area contributed by atoms with Crippen molar-refractivity contribution in [2.75, 3.05) is 13.1 Å². The average Bonchev–Trinajstić information content (AvgIpc) is 2.70. The Kier molecular flexibility index (Phi) is 7.17. The Hall–Kier alpha value is -2.62. The van der Waals surface area contributed by atoms with E-state index in [0.29, 0.717) is 26.2 Å². The Labute approximate surface area is 162 Å². The van der Waals surface area contributed by atoms with Gasteiger partial charge in [-0.2, -0.15) is 0 Å². The van der Waals surface area contributed by atoms with Gasteiger partial charge in [0.05, 0.1) is 0 Å². The Bertz CT molecular complexity index is 678. The summed E-state index contributed by atoms with van der Waals surface area (Å²) in [4.78, 5) is 29.9. The van der Waals surface area contributed by atoms with Gasteiger partial charge in [-0.1, -0.05) is 60.7 Å². The van der Waals surface area contributed by atoms with E-state index in [2.05, 4.69) is 0 Å². The first-order valence-corrected chi connectivity index (χ1v) is 9.56. The molecule has 4 nitrogen and oxygen atoms in total. The average molecular weight is 367 g/mol. The molecule has 2 rings (SSSR count). The third-order valence-electron chi connectivity index (χ3n) is 4.84. The van der Waals surface area contributed by atoms with Crippen LogP contribution < -0.4 is 0 Å². The quantitative estimate of drug-likeness (QED) is 0.660. The van der Waals surface area contributed by atoms with Gasteiger partial charge in [-0.05, 0) is 38.8 Å². The molecule has 144 valence electrons. The lowest BCUT2D eigenvalue weighted by Gasteiger charge is -2.34. The molecule has 0 saturated carbocycles. The van der Waals surface area contributed by atoms with E-state index in [1.165, 1.54) is 0 Å². The van der Waals surface area contributed by atoms with Gasteiger partial charge in [0.2, 0.25) is 11.8 Å². The minimum Gasteiger partial charge on any atom is -0.338 e. The molecule has 2 aromatic rings. The van der Waals surface area contributed by atoms with Gasteiger partial charge in [0.25, 0.3) is 0 Å². The van der Waals surface area contributed by atoms with Crippen molar-refractivity contribution in [2.45, 2.75) is 40.8 Å². The van der Waals surface area contributed by atoms with E-state index >= 15 is 0 Å². The second-order valence-electron chi connectivity index (χ2n) is 7.23. The zero-order valence-electron chi connectivity index (χ0n) is 16.8. The third kappa shape index (κ3) is 5.19. The van der Waals surface area contributed by atoms with Gasteiger partial charge in [-0.15, -0.1) is 0 Å². The summed E-state index contributed by atoms with van der Waals surface area (Å²) >= 11 is 0. The molecule has 0 aromatic heterocycles. The van der Waals surface area contributed by atoms with Gasteiger partial charge in [0, 0.05) is 26.2 Å². The highest BCUT2D eigenvalue weighted by Crippen LogP contribution is 2.24. The molecule has 0 aliphatic carbocycles. The standard InChI is InChI=1S/C23H30N2O2/c1-5-24(17-19-13-9-7-10-14-19)21(26)23(3,4)22(27)25(6-2)18-20-15-11-8-12-16-20/h7-16H,5-6,17-18H2,1-4H3. The first-order chi connectivity index (χ1) is 12.9. The van der Waals surface area contributed by atoms with E-state index in [0.717, 1.165) is 11.1 Å². The fourth-order valence-corrected chi connectivity index (χ4v) is 3.14. The lowest BCUT2D eigenvalue weighted by molar-refractivity contribution is -0.154. The van der Waals surface area contributed by atoms with E-state index in [1.54, 1.807) is 23.6 Å². The van der Waals surface area contributed by atoms with Crippen LogP contribution in [0.15, 0.2) is 60.7 Å². The largest absolute Gasteiger partial charge is 0.338 e. The fourth-order valence-electron chi connectivity index (χ4n) is 3.14. The first-order valence-electron chi connectivity index (χ1n) is 9.56. The Morgan fingerprint density at radius 2 is 1.04 bits per heavy atom. The van der Waals surface area contributed by atoms with Crippen molar-refractivity contribution < 1.29 is 9.59 Å². The Morgan fingerprint density at radius 3 is 1.33 bits per heavy atom. The summed E-state index contributed by atoms with van der Waals surface area (Å²) in [5.74, 6) is -0.268. The Morgan fingerprint density at radius 1 is 0.704 bits per heavy atom. The van der Waals surface area contributed by atoms with Crippen LogP contribution >= 0.6 is 0 Å². The minimum absolute atomic E-state index is 0.134. The number of benzene rings is 2. The molecule has 0 saturated heterocycles. The molecule has 0 aliphatic heterocycles. The highest BCUT2D eigenvalue weighted by Gasteiger charge is 2.41. The molecule has 0 N–H and O–H groups in total. The van der Waals surface area contributed by atoms with Crippen molar-refractivity contribution in [1.29, 1.82) is 0 Å². The van der Waals surface area contributed by atoms with Crippen molar-refractivity contribution >= 4 is 11.8 Å². The van der Waals surface area contributed by atoms with Crippen LogP contribution in [0.5, 0.6) is 0 Å². The van der Waals surface area contributed by atoms with Crippen LogP contribution in [0.1, 0.15) is 38.8 Å². The van der Waals surface area contributed by atoms with Gasteiger partial charge in [-0.3, -0.25) is 9.59 Å². The van der Waals surface area contributed by atoms with E-state index in [9.17, 15) is 9.59 Å². The first kappa shape index (κ1) is 20.7. The Balaban J connectivity index is 2.15. The lowest BCUT2D eigenvalue weighted by atomic mass is 9.89. The van der Waals surface area contributed by atoms with Crippen LogP contribution in [0, 0.1) is 5.41 Å². The highest BCUT2D eigenvalue weighted by molar-refractivity contribution is 6.04. The van der Waals surface area contributed by atoms with Crippen LogP contribution in [-0.4, -0.2) is 34.7 Å². The van der Waals surface area contributed by atoms with Crippen LogP contribution in [0.2, 0.25) is 0 Å². The van der Waals surface area contributed by atoms with Crippen molar-refractivity contribution in [1.82, 2.24) is 9.80 Å². The number of rotatable bonds is 8. The molecule has 0 spiro atoms. The monoisotopic (exact) mass is 366 g/mol. The number of carbonyl (C=O) groups excluding carboxylic acids is 2. The molecule has 4 heteroatoms. The maximum absolute atomic E-state index is 13.2. The minimum atomic E-state index is -1.10. The number of nitrogens with zero attached hydrogens (tertiary/aromatic N) is 2. The van der Waals surface area contributed by atoms with Crippen molar-refractivity contribution in [3.8, 4) is 0 Å². The second kappa shape index (κ2) is 9.36. The highest BCUT2D eigenvalue weighted by atomic mass is 16.2. The van der Waals surface area contributed by atoms with Crippen molar-refractivity contribution in [3.63, 3.8) is 0 Å². The molecule has 0 radical (unpaired) electrons. The van der Waals surface area contributed by atoms with E-state index in [1.807, 2.05) is 74.5 Å². The zero-order valence-corrected chi connectivity index (χ0v) is 16.8. The normalized spacial score (nSPS) is 11.1. The summed E-state index contributed by atoms with van der Waals surface area (Å²) in [6, 6.07) is 19.8. The van der Waals surface area contributed by atoms with Gasteiger partial charge in [0.1, 0.15) is 5.41 Å². The van der Waals surface area contributed by atoms with Gasteiger partial charge in [-0.25, -0.2) is 0 Å². The molecule has 0 fully saturated rings. The summed E-state index contributed by atoms with van der Waals surface area (Å²) < 4.78 is 0. The predicted octanol–water partition coefficient (Wildman–Crippen LogP) is 4.11. The molecule has 0 bridgehead atoms. The second-order valence-corrected chi connectivity index (χ2v) is 7.23. The maximum atomic E-state index is 13.2. The SMILES string of the molecule is CCN(Cc1ccccc1)C(=O)C(C)(C)C(=O)N(CC)Cc1ccccc1. The molecular formula is C23H30N2O2. The maximum Gasteiger partial charge on any atom is 0.237 e. The summed E-state index contributed by atoms with van der Waals surface area (Å²) in [5, 5.41) is 0. The fraction of sp³-hybridized carbons (Fsp3) is 0.391. The summed E-state index contributed by atoms with van der Waals surface area (Å²) in [6.07, 6.45) is 0. The molecular weight excluding hydrogens is 336 g/mol. The topological polar surface area (TPSA) is 40.6 Å². The summed E-state index contributed by atoms with van der Waals surface area (Å²) in [5.41, 5.74) is 1.02. The molecule has 0 heterocycles. The van der Waals surface area contributed by atoms with Crippen LogP contribution in [0.3, 0.4) is 0 Å². The predicted molar refractivity (Wildman–Crippen MR) is 109 cm³/mol. The van der Waals surface area contributed by atoms with Crippen LogP contribution in [0.4, 0.5) is 0 Å². The van der Waals surface area contributed by atoms with Crippen molar-refractivity contribution in [3.05, 3.63) is 71.8 Å². The van der Waals surface area contributed by atoms with Crippen LogP contribution in [-0.2, 0) is 22.7 Å². The van der Waals surface area contributed by atoms with Gasteiger partial charge >= 0.3 is 0 Å². The molecule has 0 unspecified atom stereocenters. The molecule has 2 amide bonds. The third-order valence-corrected chi connectivity index (χ3v) is 4.84. The smallest absolute Gasteiger partial charge is 0.237 e. The summed E-state index contributed by atoms with van der Waals surface area (Å²) in [7, 11) is 0. The zero-order chi connectivity index (χ0) is 19.9. The van der Waals surface area contributed by atoms with Crippen LogP contribution in [0.25, 0.3) is 0 Å². The number of carbonyl (C=O) groups is 2. The van der Waals surface area contributed by atoms with E-state index in [-0.39, 0.29) is 11.8 Å². The number of hydrogen-bond donors (Lipinski definition) is 0. The van der Waals surface area contributed by atoms with E-state index in [4.69, 9.17) is 0 Å². The number of amides is 2. The van der Waals surface area contributed by atoms with E-state index < -0.39 is 5.41 Å². The molecule has 2 aromatic carbocycles. The summed E-state index contributed by atoms with van der Waals surface area (Å²) in [6.45, 7) is 9.52.